The molecule has 0 spiro atoms. The lowest BCUT2D eigenvalue weighted by atomic mass is 9.98. The third kappa shape index (κ3) is 7.90. The molecule has 1 aliphatic carbocycles. The number of carbonyl (C=O) groups excluding carboxylic acids is 3. The minimum absolute atomic E-state index is 0.176. The van der Waals surface area contributed by atoms with E-state index in [1.165, 1.54) is 11.0 Å². The quantitative estimate of drug-likeness (QED) is 0.0839. The maximum atomic E-state index is 15.4. The van der Waals surface area contributed by atoms with E-state index in [1.54, 1.807) is 21.6 Å². The molecule has 3 fully saturated rings. The smallest absolute Gasteiger partial charge is 0.278 e. The van der Waals surface area contributed by atoms with E-state index in [1.807, 2.05) is 62.1 Å². The van der Waals surface area contributed by atoms with Gasteiger partial charge in [0.25, 0.3) is 11.5 Å². The number of pyridine rings is 1. The predicted octanol–water partition coefficient (Wildman–Crippen LogP) is 4.10. The zero-order valence-corrected chi connectivity index (χ0v) is 36.9. The van der Waals surface area contributed by atoms with Gasteiger partial charge in [-0.2, -0.15) is 4.98 Å². The maximum Gasteiger partial charge on any atom is 0.278 e. The Morgan fingerprint density at radius 2 is 1.71 bits per heavy atom. The fourth-order valence-electron chi connectivity index (χ4n) is 10.2. The molecule has 2 atom stereocenters. The summed E-state index contributed by atoms with van der Waals surface area (Å²) in [5, 5.41) is 24.5. The summed E-state index contributed by atoms with van der Waals surface area (Å²) < 4.78 is 18.7. The van der Waals surface area contributed by atoms with E-state index >= 15 is 4.39 Å². The van der Waals surface area contributed by atoms with Gasteiger partial charge in [-0.15, -0.1) is 0 Å². The van der Waals surface area contributed by atoms with Gasteiger partial charge in [-0.3, -0.25) is 29.4 Å². The molecule has 4 aliphatic heterocycles. The first-order valence-corrected chi connectivity index (χ1v) is 22.9. The largest absolute Gasteiger partial charge is 0.384 e. The highest BCUT2D eigenvalue weighted by atomic mass is 19.1. The SMILES string of the molecule is CC[C@@]1(O)CCc2ccc(-n3c4nc(Nc5ccc(NCCNC6CCN(C7CN(c8cc9c(cc8F)C(=O)N(C8CCC(=O)NC8=O)C9)C7)CC6)cc5)ncc4c(=O)n3C(C)C)nc21. The van der Waals surface area contributed by atoms with Crippen molar-refractivity contribution in [2.24, 2.45) is 0 Å². The van der Waals surface area contributed by atoms with Crippen molar-refractivity contribution in [3.63, 3.8) is 0 Å². The number of nitrogens with zero attached hydrogens (tertiary/aromatic N) is 8. The van der Waals surface area contributed by atoms with Gasteiger partial charge in [0.2, 0.25) is 17.8 Å². The summed E-state index contributed by atoms with van der Waals surface area (Å²) in [4.78, 5) is 70.9. The number of nitrogens with one attached hydrogen (secondary N) is 4. The molecule has 1 unspecified atom stereocenters. The molecule has 17 nitrogen and oxygen atoms in total. The number of hydrogen-bond donors (Lipinski definition) is 5. The number of aliphatic hydroxyl groups is 1. The first kappa shape index (κ1) is 42.7. The van der Waals surface area contributed by atoms with Gasteiger partial charge in [-0.25, -0.2) is 23.7 Å². The second-order valence-electron chi connectivity index (χ2n) is 18.4. The minimum atomic E-state index is -0.991. The van der Waals surface area contributed by atoms with Crippen LogP contribution in [0.25, 0.3) is 16.9 Å². The van der Waals surface area contributed by atoms with Crippen LogP contribution in [0.15, 0.2) is 59.5 Å². The molecule has 5 aromatic rings. The number of rotatable bonds is 13. The Morgan fingerprint density at radius 1 is 0.938 bits per heavy atom. The van der Waals surface area contributed by atoms with Crippen LogP contribution in [0.5, 0.6) is 0 Å². The summed E-state index contributed by atoms with van der Waals surface area (Å²) >= 11 is 0. The number of aryl methyl sites for hydroxylation is 1. The Bertz CT molecular complexity index is 2740. The number of benzene rings is 2. The monoisotopic (exact) mass is 886 g/mol. The first-order chi connectivity index (χ1) is 31.4. The highest BCUT2D eigenvalue weighted by Crippen LogP contribution is 2.39. The van der Waals surface area contributed by atoms with Crippen molar-refractivity contribution in [1.29, 1.82) is 0 Å². The van der Waals surface area contributed by atoms with E-state index in [4.69, 9.17) is 9.97 Å². The van der Waals surface area contributed by atoms with Crippen molar-refractivity contribution in [3.8, 4) is 5.82 Å². The standard InChI is InChI=1S/C47H55FN12O5/c1-4-47(65)16-13-28-5-11-39(53-41(28)47)60-42-35(45(64)59(60)27(2)3)23-51-46(55-42)52-32-8-6-30(7-9-32)49-17-18-50-31-14-19-56(20-15-31)33-25-57(26-33)38-21-29-24-58(44(63)34(29)22-36(38)48)37-10-12-40(61)54-43(37)62/h5-9,11,21-23,27,31,33,37,49-50,65H,4,10,12-20,24-26H2,1-3H3,(H,51,52,55)(H,54,61,62)/t37?,47-/m1/s1. The normalized spacial score (nSPS) is 21.6. The Labute approximate surface area is 375 Å². The van der Waals surface area contributed by atoms with Crippen LogP contribution in [0.3, 0.4) is 0 Å². The van der Waals surface area contributed by atoms with Crippen molar-refractivity contribution < 1.29 is 23.9 Å². The Morgan fingerprint density at radius 3 is 2.45 bits per heavy atom. The molecular formula is C47H55FN12O5. The molecule has 18 heteroatoms. The molecule has 340 valence electrons. The molecule has 0 bridgehead atoms. The number of amides is 3. The average molecular weight is 887 g/mol. The maximum absolute atomic E-state index is 15.4. The number of fused-ring (bicyclic) bond motifs is 3. The van der Waals surface area contributed by atoms with Crippen LogP contribution in [0.1, 0.15) is 92.5 Å². The van der Waals surface area contributed by atoms with Gasteiger partial charge < -0.3 is 30.9 Å². The van der Waals surface area contributed by atoms with Crippen LogP contribution < -0.4 is 31.7 Å². The number of anilines is 4. The summed E-state index contributed by atoms with van der Waals surface area (Å²) in [5.74, 6) is -0.749. The van der Waals surface area contributed by atoms with Crippen LogP contribution in [0.2, 0.25) is 0 Å². The minimum Gasteiger partial charge on any atom is -0.384 e. The zero-order chi connectivity index (χ0) is 45.1. The first-order valence-electron chi connectivity index (χ1n) is 22.9. The summed E-state index contributed by atoms with van der Waals surface area (Å²) in [6.45, 7) is 11.0. The van der Waals surface area contributed by atoms with E-state index in [9.17, 15) is 24.3 Å². The molecule has 65 heavy (non-hydrogen) atoms. The van der Waals surface area contributed by atoms with Gasteiger partial charge in [0.1, 0.15) is 22.8 Å². The van der Waals surface area contributed by atoms with Crippen molar-refractivity contribution >= 4 is 51.8 Å². The topological polar surface area (TPSA) is 195 Å². The van der Waals surface area contributed by atoms with Crippen LogP contribution in [0.4, 0.5) is 27.4 Å². The number of piperidine rings is 2. The lowest BCUT2D eigenvalue weighted by molar-refractivity contribution is -0.136. The third-order valence-electron chi connectivity index (χ3n) is 14.0. The number of imide groups is 1. The second kappa shape index (κ2) is 17.0. The predicted molar refractivity (Wildman–Crippen MR) is 243 cm³/mol. The molecule has 2 aromatic carbocycles. The average Bonchev–Trinajstić information content (AvgIpc) is 3.90. The number of halogens is 1. The number of carbonyl (C=O) groups is 3. The Kier molecular flexibility index (Phi) is 11.1. The lowest BCUT2D eigenvalue weighted by Gasteiger charge is -2.48. The van der Waals surface area contributed by atoms with Crippen LogP contribution in [-0.2, 0) is 28.2 Å². The molecule has 7 heterocycles. The van der Waals surface area contributed by atoms with Gasteiger partial charge in [0, 0.05) is 93.5 Å². The van der Waals surface area contributed by atoms with E-state index in [0.29, 0.717) is 77.8 Å². The second-order valence-corrected chi connectivity index (χ2v) is 18.4. The number of aromatic nitrogens is 5. The molecule has 0 radical (unpaired) electrons. The van der Waals surface area contributed by atoms with Crippen molar-refractivity contribution in [1.82, 2.24) is 44.7 Å². The van der Waals surface area contributed by atoms with E-state index < -0.39 is 23.4 Å². The summed E-state index contributed by atoms with van der Waals surface area (Å²) in [5.41, 5.74) is 4.18. The zero-order valence-electron chi connectivity index (χ0n) is 36.9. The van der Waals surface area contributed by atoms with Crippen molar-refractivity contribution in [2.75, 3.05) is 54.8 Å². The summed E-state index contributed by atoms with van der Waals surface area (Å²) in [6, 6.07) is 14.7. The van der Waals surface area contributed by atoms with Gasteiger partial charge in [-0.05, 0) is 106 Å². The van der Waals surface area contributed by atoms with E-state index in [2.05, 4.69) is 31.2 Å². The Hall–Kier alpha value is -6.24. The highest BCUT2D eigenvalue weighted by Gasteiger charge is 2.42. The number of likely N-dealkylation sites (tertiary alicyclic amines) is 1. The van der Waals surface area contributed by atoms with Crippen molar-refractivity contribution in [3.05, 3.63) is 93.3 Å². The fraction of sp³-hybridized carbons (Fsp3) is 0.468. The molecule has 3 saturated heterocycles. The van der Waals surface area contributed by atoms with E-state index in [-0.39, 0.29) is 48.4 Å². The molecule has 3 amide bonds. The van der Waals surface area contributed by atoms with Crippen LogP contribution in [0, 0.1) is 5.82 Å². The highest BCUT2D eigenvalue weighted by molar-refractivity contribution is 6.05. The van der Waals surface area contributed by atoms with Gasteiger partial charge in [0.15, 0.2) is 11.5 Å². The van der Waals surface area contributed by atoms with Crippen LogP contribution >= 0.6 is 0 Å². The van der Waals surface area contributed by atoms with Crippen LogP contribution in [-0.4, -0.2) is 114 Å². The Balaban J connectivity index is 0.686. The van der Waals surface area contributed by atoms with E-state index in [0.717, 1.165) is 62.4 Å². The van der Waals surface area contributed by atoms with Crippen molar-refractivity contribution in [2.45, 2.75) is 102 Å². The number of hydrogen-bond acceptors (Lipinski definition) is 13. The fourth-order valence-corrected chi connectivity index (χ4v) is 10.2. The molecule has 3 aromatic heterocycles. The molecule has 10 rings (SSSR count). The third-order valence-corrected chi connectivity index (χ3v) is 14.0. The summed E-state index contributed by atoms with van der Waals surface area (Å²) in [7, 11) is 0. The lowest BCUT2D eigenvalue weighted by Crippen LogP contribution is -2.62. The van der Waals surface area contributed by atoms with Gasteiger partial charge in [0.05, 0.1) is 11.4 Å². The van der Waals surface area contributed by atoms with Gasteiger partial charge >= 0.3 is 0 Å². The summed E-state index contributed by atoms with van der Waals surface area (Å²) in [6.07, 6.45) is 6.00. The molecular weight excluding hydrogens is 832 g/mol. The molecule has 5 N–H and O–H groups in total. The van der Waals surface area contributed by atoms with Gasteiger partial charge in [-0.1, -0.05) is 13.0 Å². The molecule has 0 saturated carbocycles. The molecule has 5 aliphatic rings.